The lowest BCUT2D eigenvalue weighted by atomic mass is 10.2. The lowest BCUT2D eigenvalue weighted by Crippen LogP contribution is -2.19. The molecule has 0 unspecified atom stereocenters. The van der Waals surface area contributed by atoms with Gasteiger partial charge in [0.2, 0.25) is 0 Å². The van der Waals surface area contributed by atoms with Crippen LogP contribution in [0.2, 0.25) is 0 Å². The van der Waals surface area contributed by atoms with Crippen molar-refractivity contribution >= 4 is 48.8 Å². The highest BCUT2D eigenvalue weighted by Crippen LogP contribution is 2.33. The van der Waals surface area contributed by atoms with Crippen LogP contribution in [-0.2, 0) is 20.0 Å². The first kappa shape index (κ1) is 27.0. The van der Waals surface area contributed by atoms with Gasteiger partial charge < -0.3 is 5.11 Å². The van der Waals surface area contributed by atoms with Crippen LogP contribution in [0.4, 0.5) is 22.7 Å². The Morgan fingerprint density at radius 3 is 1.57 bits per heavy atom. The Labute approximate surface area is 210 Å². The molecule has 3 aromatic rings. The van der Waals surface area contributed by atoms with Crippen LogP contribution in [0.5, 0.6) is 0 Å². The monoisotopic (exact) mass is 550 g/mol. The number of nitro groups is 2. The molecule has 37 heavy (non-hydrogen) atoms. The van der Waals surface area contributed by atoms with Crippen molar-refractivity contribution < 1.29 is 36.6 Å². The first-order chi connectivity index (χ1) is 17.1. The zero-order valence-corrected chi connectivity index (χ0v) is 20.7. The third-order valence-corrected chi connectivity index (χ3v) is 7.78. The van der Waals surface area contributed by atoms with Gasteiger partial charge >= 0.3 is 5.97 Å². The third-order valence-electron chi connectivity index (χ3n) is 4.96. The highest BCUT2D eigenvalue weighted by Gasteiger charge is 2.30. The number of benzene rings is 3. The van der Waals surface area contributed by atoms with Gasteiger partial charge in [0, 0.05) is 12.1 Å². The molecule has 0 aliphatic carbocycles. The average molecular weight is 551 g/mol. The van der Waals surface area contributed by atoms with Crippen LogP contribution in [0.15, 0.2) is 64.4 Å². The van der Waals surface area contributed by atoms with Gasteiger partial charge in [-0.3, -0.25) is 29.7 Å². The van der Waals surface area contributed by atoms with Crippen molar-refractivity contribution in [3.05, 3.63) is 91.5 Å². The maximum atomic E-state index is 13.1. The lowest BCUT2D eigenvalue weighted by Gasteiger charge is -2.16. The van der Waals surface area contributed by atoms with Gasteiger partial charge in [-0.15, -0.1) is 0 Å². The molecule has 0 spiro atoms. The third kappa shape index (κ3) is 5.81. The molecule has 0 fully saturated rings. The second kappa shape index (κ2) is 9.82. The molecule has 0 amide bonds. The standard InChI is InChI=1S/C21H18N4O10S2/c1-12-3-7-19(17(9-12)24(28)29)36(32,33)22-15-6-5-14(21(26)27)11-16(15)23-37(34,35)20-8-4-13(2)10-18(20)25(30)31/h3-11,22-23H,1-2H3,(H,26,27). The zero-order chi connectivity index (χ0) is 27.7. The molecule has 0 saturated carbocycles. The van der Waals surface area contributed by atoms with Gasteiger partial charge in [-0.05, 0) is 55.3 Å². The minimum absolute atomic E-state index is 0.395. The molecule has 3 rings (SSSR count). The van der Waals surface area contributed by atoms with Gasteiger partial charge in [0.05, 0.1) is 26.8 Å². The van der Waals surface area contributed by atoms with Crippen molar-refractivity contribution in [2.24, 2.45) is 0 Å². The quantitative estimate of drug-likeness (QED) is 0.260. The highest BCUT2D eigenvalue weighted by molar-refractivity contribution is 7.93. The number of nitro benzene ring substituents is 2. The van der Waals surface area contributed by atoms with Crippen LogP contribution in [0.1, 0.15) is 21.5 Å². The molecule has 0 aliphatic heterocycles. The van der Waals surface area contributed by atoms with Gasteiger partial charge in [0.25, 0.3) is 31.4 Å². The number of aromatic carboxylic acids is 1. The summed E-state index contributed by atoms with van der Waals surface area (Å²) in [5, 5.41) is 32.2. The number of hydrogen-bond acceptors (Lipinski definition) is 9. The number of aryl methyl sites for hydroxylation is 2. The van der Waals surface area contributed by atoms with Crippen LogP contribution in [0, 0.1) is 34.1 Å². The summed E-state index contributed by atoms with van der Waals surface area (Å²) in [6.45, 7) is 3.02. The smallest absolute Gasteiger partial charge is 0.335 e. The number of sulfonamides is 2. The van der Waals surface area contributed by atoms with Crippen molar-refractivity contribution in [1.82, 2.24) is 0 Å². The predicted molar refractivity (Wildman–Crippen MR) is 131 cm³/mol. The van der Waals surface area contributed by atoms with Crippen molar-refractivity contribution in [3.8, 4) is 0 Å². The van der Waals surface area contributed by atoms with Crippen molar-refractivity contribution in [1.29, 1.82) is 0 Å². The van der Waals surface area contributed by atoms with Crippen LogP contribution in [-0.4, -0.2) is 37.8 Å². The summed E-state index contributed by atoms with van der Waals surface area (Å²) in [4.78, 5) is 31.0. The Bertz CT molecular complexity index is 1670. The number of nitrogens with zero attached hydrogens (tertiary/aromatic N) is 2. The summed E-state index contributed by atoms with van der Waals surface area (Å²) in [5.41, 5.74) is -2.23. The van der Waals surface area contributed by atoms with E-state index in [1.807, 2.05) is 9.44 Å². The zero-order valence-electron chi connectivity index (χ0n) is 19.0. The summed E-state index contributed by atoms with van der Waals surface area (Å²) in [5.74, 6) is -1.48. The molecule has 0 aromatic heterocycles. The minimum Gasteiger partial charge on any atom is -0.478 e. The van der Waals surface area contributed by atoms with Crippen LogP contribution < -0.4 is 9.44 Å². The van der Waals surface area contributed by atoms with Crippen LogP contribution >= 0.6 is 0 Å². The number of nitrogens with one attached hydrogen (secondary N) is 2. The minimum atomic E-state index is -4.75. The Morgan fingerprint density at radius 2 is 1.16 bits per heavy atom. The molecule has 0 radical (unpaired) electrons. The fourth-order valence-electron chi connectivity index (χ4n) is 3.24. The molecule has 16 heteroatoms. The van der Waals surface area contributed by atoms with E-state index < -0.39 is 74.0 Å². The van der Waals surface area contributed by atoms with Gasteiger partial charge in [0.15, 0.2) is 9.79 Å². The molecule has 3 aromatic carbocycles. The second-order valence-corrected chi connectivity index (χ2v) is 11.0. The molecule has 0 aliphatic rings. The largest absolute Gasteiger partial charge is 0.478 e. The first-order valence-corrected chi connectivity index (χ1v) is 13.0. The van der Waals surface area contributed by atoms with E-state index in [0.29, 0.717) is 11.1 Å². The highest BCUT2D eigenvalue weighted by atomic mass is 32.2. The number of carbonyl (C=O) groups is 1. The number of rotatable bonds is 9. The van der Waals surface area contributed by atoms with E-state index >= 15 is 0 Å². The summed E-state index contributed by atoms with van der Waals surface area (Å²) in [6.07, 6.45) is 0. The van der Waals surface area contributed by atoms with Gasteiger partial charge in [-0.2, -0.15) is 0 Å². The Balaban J connectivity index is 2.14. The Morgan fingerprint density at radius 1 is 0.730 bits per heavy atom. The molecule has 0 atom stereocenters. The number of anilines is 2. The SMILES string of the molecule is Cc1ccc(S(=O)(=O)Nc2ccc(C(=O)O)cc2NS(=O)(=O)c2ccc(C)cc2[N+](=O)[O-])c([N+](=O)[O-])c1. The fraction of sp³-hybridized carbons (Fsp3) is 0.0952. The fourth-order valence-corrected chi connectivity index (χ4v) is 5.70. The normalized spacial score (nSPS) is 11.5. The van der Waals surface area contributed by atoms with Crippen molar-refractivity contribution in [2.45, 2.75) is 23.6 Å². The van der Waals surface area contributed by atoms with E-state index in [9.17, 15) is 47.0 Å². The van der Waals surface area contributed by atoms with E-state index in [1.165, 1.54) is 26.0 Å². The second-order valence-electron chi connectivity index (χ2n) is 7.73. The summed E-state index contributed by atoms with van der Waals surface area (Å²) >= 11 is 0. The molecular formula is C21H18N4O10S2. The topological polar surface area (TPSA) is 216 Å². The molecular weight excluding hydrogens is 532 g/mol. The average Bonchev–Trinajstić information content (AvgIpc) is 2.79. The van der Waals surface area contributed by atoms with E-state index in [1.54, 1.807) is 0 Å². The van der Waals surface area contributed by atoms with E-state index in [0.717, 1.165) is 42.5 Å². The molecule has 14 nitrogen and oxygen atoms in total. The Kier molecular flexibility index (Phi) is 7.18. The van der Waals surface area contributed by atoms with Gasteiger partial charge in [-0.25, -0.2) is 21.6 Å². The predicted octanol–water partition coefficient (Wildman–Crippen LogP) is 3.42. The van der Waals surface area contributed by atoms with Crippen LogP contribution in [0.25, 0.3) is 0 Å². The molecule has 0 saturated heterocycles. The van der Waals surface area contributed by atoms with Crippen molar-refractivity contribution in [2.75, 3.05) is 9.44 Å². The number of carboxylic acids is 1. The summed E-state index contributed by atoms with van der Waals surface area (Å²) in [7, 11) is -9.44. The van der Waals surface area contributed by atoms with E-state index in [4.69, 9.17) is 0 Å². The van der Waals surface area contributed by atoms with Gasteiger partial charge in [0.1, 0.15) is 0 Å². The first-order valence-electron chi connectivity index (χ1n) is 10.1. The summed E-state index contributed by atoms with van der Waals surface area (Å²) < 4.78 is 56.2. The maximum absolute atomic E-state index is 13.1. The van der Waals surface area contributed by atoms with Gasteiger partial charge in [-0.1, -0.05) is 12.1 Å². The van der Waals surface area contributed by atoms with Crippen molar-refractivity contribution in [3.63, 3.8) is 0 Å². The number of carboxylic acid groups (broad SMARTS) is 1. The maximum Gasteiger partial charge on any atom is 0.335 e. The molecule has 3 N–H and O–H groups in total. The molecule has 0 bridgehead atoms. The van der Waals surface area contributed by atoms with E-state index in [2.05, 4.69) is 0 Å². The summed E-state index contributed by atoms with van der Waals surface area (Å²) in [6, 6.07) is 9.31. The van der Waals surface area contributed by atoms with Crippen LogP contribution in [0.3, 0.4) is 0 Å². The molecule has 194 valence electrons. The lowest BCUT2D eigenvalue weighted by molar-refractivity contribution is -0.388. The molecule has 0 heterocycles. The number of hydrogen-bond donors (Lipinski definition) is 3. The Hall–Kier alpha value is -4.57. The van der Waals surface area contributed by atoms with E-state index in [-0.39, 0.29) is 0 Å².